The second-order valence-corrected chi connectivity index (χ2v) is 6.06. The van der Waals surface area contributed by atoms with E-state index in [-0.39, 0.29) is 0 Å². The standard InChI is InChI=1S/C18H22N4O2S/c1-11-7-14(21-19-6-5-12(11)10-25)13-9-22(2)15-8-16(23-3)18(24-4)20-17(13)15/h5-9,19,21,25H,10H2,1-4H3. The van der Waals surface area contributed by atoms with Crippen molar-refractivity contribution in [2.24, 2.45) is 7.05 Å². The molecule has 0 aliphatic carbocycles. The van der Waals surface area contributed by atoms with Crippen LogP contribution in [0.25, 0.3) is 22.3 Å². The molecule has 0 fully saturated rings. The van der Waals surface area contributed by atoms with E-state index in [2.05, 4.69) is 40.8 Å². The molecule has 3 aromatic rings. The van der Waals surface area contributed by atoms with Crippen LogP contribution in [0.4, 0.5) is 0 Å². The molecule has 7 heteroatoms. The zero-order chi connectivity index (χ0) is 18.0. The minimum Gasteiger partial charge on any atom is -0.491 e. The second-order valence-electron chi connectivity index (χ2n) is 5.75. The zero-order valence-electron chi connectivity index (χ0n) is 14.8. The Labute approximate surface area is 151 Å². The van der Waals surface area contributed by atoms with Gasteiger partial charge in [-0.05, 0) is 30.2 Å². The van der Waals surface area contributed by atoms with E-state index in [0.29, 0.717) is 17.4 Å². The second kappa shape index (κ2) is 7.14. The Morgan fingerprint density at radius 2 is 2.04 bits per heavy atom. The number of nitrogens with one attached hydrogen (secondary N) is 2. The van der Waals surface area contributed by atoms with Gasteiger partial charge in [-0.3, -0.25) is 0 Å². The maximum absolute atomic E-state index is 5.37. The number of hydrogen-bond donors (Lipinski definition) is 3. The molecule has 132 valence electrons. The van der Waals surface area contributed by atoms with Crippen LogP contribution >= 0.6 is 12.6 Å². The van der Waals surface area contributed by atoms with Gasteiger partial charge >= 0.3 is 0 Å². The largest absolute Gasteiger partial charge is 0.491 e. The third kappa shape index (κ3) is 3.19. The SMILES string of the molecule is COc1cc2c(nc1OC)c(-c1cc(C)c(CS)cc[nH][nH]1)cn2C. The summed E-state index contributed by atoms with van der Waals surface area (Å²) in [4.78, 5) is 4.65. The molecule has 0 bridgehead atoms. The van der Waals surface area contributed by atoms with Gasteiger partial charge in [0.2, 0.25) is 0 Å². The predicted molar refractivity (Wildman–Crippen MR) is 103 cm³/mol. The molecule has 0 saturated heterocycles. The minimum absolute atomic E-state index is 0.463. The van der Waals surface area contributed by atoms with Crippen LogP contribution in [-0.2, 0) is 12.8 Å². The van der Waals surface area contributed by atoms with E-state index < -0.39 is 0 Å². The highest BCUT2D eigenvalue weighted by Crippen LogP contribution is 2.34. The molecule has 3 aromatic heterocycles. The van der Waals surface area contributed by atoms with Gasteiger partial charge in [-0.15, -0.1) is 0 Å². The van der Waals surface area contributed by atoms with E-state index in [0.717, 1.165) is 33.4 Å². The van der Waals surface area contributed by atoms with Crippen LogP contribution in [0.1, 0.15) is 11.1 Å². The van der Waals surface area contributed by atoms with Crippen LogP contribution in [0, 0.1) is 6.92 Å². The molecular weight excluding hydrogens is 336 g/mol. The van der Waals surface area contributed by atoms with E-state index in [1.165, 1.54) is 0 Å². The monoisotopic (exact) mass is 358 g/mol. The molecule has 0 aromatic carbocycles. The number of thiol groups is 1. The van der Waals surface area contributed by atoms with E-state index in [1.54, 1.807) is 14.2 Å². The third-order valence-electron chi connectivity index (χ3n) is 4.21. The van der Waals surface area contributed by atoms with Gasteiger partial charge in [-0.2, -0.15) is 12.6 Å². The molecule has 0 radical (unpaired) electrons. The normalized spacial score (nSPS) is 10.8. The van der Waals surface area contributed by atoms with Crippen molar-refractivity contribution in [2.45, 2.75) is 12.7 Å². The van der Waals surface area contributed by atoms with Crippen LogP contribution in [-0.4, -0.2) is 34.0 Å². The summed E-state index contributed by atoms with van der Waals surface area (Å²) in [7, 11) is 5.18. The minimum atomic E-state index is 0.463. The van der Waals surface area contributed by atoms with E-state index in [4.69, 9.17) is 9.47 Å². The lowest BCUT2D eigenvalue weighted by atomic mass is 10.1. The summed E-state index contributed by atoms with van der Waals surface area (Å²) in [6, 6.07) is 6.04. The number of fused-ring (bicyclic) bond motifs is 1. The molecule has 0 spiro atoms. The summed E-state index contributed by atoms with van der Waals surface area (Å²) >= 11 is 4.40. The number of aryl methyl sites for hydroxylation is 2. The van der Waals surface area contributed by atoms with Gasteiger partial charge in [0.25, 0.3) is 5.88 Å². The van der Waals surface area contributed by atoms with Crippen molar-refractivity contribution in [1.29, 1.82) is 0 Å². The average Bonchev–Trinajstić information content (AvgIpc) is 2.93. The third-order valence-corrected chi connectivity index (χ3v) is 4.55. The lowest BCUT2D eigenvalue weighted by Crippen LogP contribution is -1.95. The van der Waals surface area contributed by atoms with Crippen LogP contribution < -0.4 is 9.47 Å². The van der Waals surface area contributed by atoms with Crippen molar-refractivity contribution in [3.63, 3.8) is 0 Å². The number of hydrogen-bond acceptors (Lipinski definition) is 4. The van der Waals surface area contributed by atoms with E-state index in [9.17, 15) is 0 Å². The topological polar surface area (TPSA) is 67.9 Å². The lowest BCUT2D eigenvalue weighted by molar-refractivity contribution is 0.344. The summed E-state index contributed by atoms with van der Waals surface area (Å²) in [6.45, 7) is 2.07. The number of methoxy groups -OCH3 is 2. The summed E-state index contributed by atoms with van der Waals surface area (Å²) in [5.41, 5.74) is 6.00. The van der Waals surface area contributed by atoms with Gasteiger partial charge < -0.3 is 24.2 Å². The Hall–Kier alpha value is -2.54. The van der Waals surface area contributed by atoms with Crippen molar-refractivity contribution in [3.05, 3.63) is 41.7 Å². The summed E-state index contributed by atoms with van der Waals surface area (Å²) in [5.74, 6) is 1.74. The number of aromatic nitrogens is 4. The van der Waals surface area contributed by atoms with Gasteiger partial charge in [0.05, 0.1) is 25.4 Å². The highest BCUT2D eigenvalue weighted by molar-refractivity contribution is 7.79. The smallest absolute Gasteiger partial charge is 0.257 e. The predicted octanol–water partition coefficient (Wildman–Crippen LogP) is 3.78. The van der Waals surface area contributed by atoms with Crippen LogP contribution in [0.2, 0.25) is 0 Å². The molecule has 0 amide bonds. The first-order chi connectivity index (χ1) is 12.1. The van der Waals surface area contributed by atoms with Crippen LogP contribution in [0.3, 0.4) is 0 Å². The molecular formula is C18H22N4O2S. The van der Waals surface area contributed by atoms with E-state index in [1.807, 2.05) is 36.1 Å². The van der Waals surface area contributed by atoms with Crippen molar-refractivity contribution in [2.75, 3.05) is 14.2 Å². The molecule has 0 saturated carbocycles. The maximum Gasteiger partial charge on any atom is 0.257 e. The first-order valence-corrected chi connectivity index (χ1v) is 8.51. The number of nitrogens with zero attached hydrogens (tertiary/aromatic N) is 2. The van der Waals surface area contributed by atoms with Crippen LogP contribution in [0.5, 0.6) is 11.6 Å². The Balaban J connectivity index is 2.29. The molecule has 3 rings (SSSR count). The molecule has 0 aliphatic heterocycles. The Morgan fingerprint density at radius 3 is 2.72 bits per heavy atom. The lowest BCUT2D eigenvalue weighted by Gasteiger charge is -2.07. The summed E-state index contributed by atoms with van der Waals surface area (Å²) in [6.07, 6.45) is 3.90. The van der Waals surface area contributed by atoms with Gasteiger partial charge in [-0.25, -0.2) is 4.98 Å². The Bertz CT molecular complexity index is 954. The van der Waals surface area contributed by atoms with Gasteiger partial charge in [0, 0.05) is 36.8 Å². The van der Waals surface area contributed by atoms with Gasteiger partial charge in [0.15, 0.2) is 5.75 Å². The fourth-order valence-corrected chi connectivity index (χ4v) is 3.16. The molecule has 6 nitrogen and oxygen atoms in total. The van der Waals surface area contributed by atoms with Crippen molar-refractivity contribution in [3.8, 4) is 22.9 Å². The van der Waals surface area contributed by atoms with Crippen LogP contribution in [0.15, 0.2) is 30.6 Å². The van der Waals surface area contributed by atoms with Crippen molar-refractivity contribution < 1.29 is 9.47 Å². The van der Waals surface area contributed by atoms with Gasteiger partial charge in [0.1, 0.15) is 5.52 Å². The molecule has 25 heavy (non-hydrogen) atoms. The highest BCUT2D eigenvalue weighted by Gasteiger charge is 2.16. The number of aromatic amines is 2. The molecule has 2 N–H and O–H groups in total. The van der Waals surface area contributed by atoms with Crippen molar-refractivity contribution in [1.82, 2.24) is 19.7 Å². The Kier molecular flexibility index (Phi) is 4.94. The number of pyridine rings is 1. The fourth-order valence-electron chi connectivity index (χ4n) is 2.81. The number of H-pyrrole nitrogens is 2. The first kappa shape index (κ1) is 17.3. The number of ether oxygens (including phenoxy) is 2. The fraction of sp³-hybridized carbons (Fsp3) is 0.278. The van der Waals surface area contributed by atoms with Crippen molar-refractivity contribution >= 4 is 23.7 Å². The number of rotatable bonds is 4. The molecule has 0 aliphatic rings. The summed E-state index contributed by atoms with van der Waals surface area (Å²) in [5, 5.41) is 6.31. The highest BCUT2D eigenvalue weighted by atomic mass is 32.1. The average molecular weight is 358 g/mol. The summed E-state index contributed by atoms with van der Waals surface area (Å²) < 4.78 is 12.8. The molecule has 0 unspecified atom stereocenters. The maximum atomic E-state index is 5.37. The first-order valence-electron chi connectivity index (χ1n) is 7.87. The Morgan fingerprint density at radius 1 is 1.24 bits per heavy atom. The van der Waals surface area contributed by atoms with E-state index >= 15 is 0 Å². The molecule has 3 heterocycles. The molecule has 0 atom stereocenters. The quantitative estimate of drug-likeness (QED) is 0.622. The zero-order valence-corrected chi connectivity index (χ0v) is 15.6. The van der Waals surface area contributed by atoms with Gasteiger partial charge in [-0.1, -0.05) is 0 Å².